The Morgan fingerprint density at radius 1 is 1.17 bits per heavy atom. The van der Waals surface area contributed by atoms with E-state index in [0.717, 1.165) is 31.2 Å². The quantitative estimate of drug-likeness (QED) is 0.217. The van der Waals surface area contributed by atoms with Gasteiger partial charge in [-0.1, -0.05) is 62.7 Å². The standard InChI is InChI=1S/C26H36N4O3S2/c1-5-6-7-8-9-14-29-25(32)21(35-26(29)34)16-20-23(27-13-10-15-33-18(2)3)28-22-12-11-19(4)17-30(22)24(20)31/h11-12,16-18,27H,5-10,13-15H2,1-4H3. The number of nitrogens with one attached hydrogen (secondary N) is 1. The van der Waals surface area contributed by atoms with Crippen molar-refractivity contribution in [1.29, 1.82) is 0 Å². The van der Waals surface area contributed by atoms with Crippen LogP contribution in [-0.2, 0) is 9.53 Å². The van der Waals surface area contributed by atoms with Gasteiger partial charge in [-0.2, -0.15) is 0 Å². The number of nitrogens with zero attached hydrogens (tertiary/aromatic N) is 3. The van der Waals surface area contributed by atoms with Gasteiger partial charge in [0.05, 0.1) is 16.6 Å². The number of thiocarbonyl (C=S) groups is 1. The summed E-state index contributed by atoms with van der Waals surface area (Å²) in [5.41, 5.74) is 1.65. The van der Waals surface area contributed by atoms with Gasteiger partial charge in [-0.05, 0) is 51.3 Å². The number of hydrogen-bond donors (Lipinski definition) is 1. The van der Waals surface area contributed by atoms with Crippen molar-refractivity contribution < 1.29 is 9.53 Å². The van der Waals surface area contributed by atoms with Gasteiger partial charge in [0.2, 0.25) is 0 Å². The number of unbranched alkanes of at least 4 members (excludes halogenated alkanes) is 4. The summed E-state index contributed by atoms with van der Waals surface area (Å²) in [7, 11) is 0. The normalized spacial score (nSPS) is 15.2. The van der Waals surface area contributed by atoms with Crippen molar-refractivity contribution >= 4 is 51.7 Å². The highest BCUT2D eigenvalue weighted by molar-refractivity contribution is 8.26. The Morgan fingerprint density at radius 3 is 2.69 bits per heavy atom. The molecule has 0 aromatic carbocycles. The molecule has 2 aromatic heterocycles. The number of hydrogen-bond acceptors (Lipinski definition) is 7. The number of pyridine rings is 1. The molecule has 1 N–H and O–H groups in total. The molecule has 35 heavy (non-hydrogen) atoms. The first-order valence-corrected chi connectivity index (χ1v) is 13.7. The predicted molar refractivity (Wildman–Crippen MR) is 149 cm³/mol. The Kier molecular flexibility index (Phi) is 10.3. The number of aryl methyl sites for hydroxylation is 1. The zero-order valence-corrected chi connectivity index (χ0v) is 22.8. The number of aromatic nitrogens is 2. The zero-order chi connectivity index (χ0) is 25.4. The summed E-state index contributed by atoms with van der Waals surface area (Å²) in [5.74, 6) is 0.328. The number of fused-ring (bicyclic) bond motifs is 1. The van der Waals surface area contributed by atoms with E-state index in [9.17, 15) is 9.59 Å². The lowest BCUT2D eigenvalue weighted by Crippen LogP contribution is -2.29. The smallest absolute Gasteiger partial charge is 0.267 e. The summed E-state index contributed by atoms with van der Waals surface area (Å²) in [6.45, 7) is 9.94. The predicted octanol–water partition coefficient (Wildman–Crippen LogP) is 5.40. The molecule has 0 unspecified atom stereocenters. The third-order valence-corrected chi connectivity index (χ3v) is 7.08. The molecule has 190 valence electrons. The zero-order valence-electron chi connectivity index (χ0n) is 21.1. The number of amides is 1. The summed E-state index contributed by atoms with van der Waals surface area (Å²) in [6.07, 6.45) is 9.90. The van der Waals surface area contributed by atoms with E-state index in [-0.39, 0.29) is 17.6 Å². The number of anilines is 1. The molecule has 2 aromatic rings. The Hall–Kier alpha value is -2.23. The summed E-state index contributed by atoms with van der Waals surface area (Å²) in [4.78, 5) is 33.4. The average molecular weight is 517 g/mol. The van der Waals surface area contributed by atoms with Gasteiger partial charge in [-0.25, -0.2) is 4.98 Å². The third kappa shape index (κ3) is 7.38. The molecule has 1 aliphatic rings. The van der Waals surface area contributed by atoms with Gasteiger partial charge in [0.1, 0.15) is 15.8 Å². The van der Waals surface area contributed by atoms with Crippen molar-refractivity contribution in [2.75, 3.05) is 25.0 Å². The second kappa shape index (κ2) is 13.2. The van der Waals surface area contributed by atoms with Crippen molar-refractivity contribution in [3.8, 4) is 0 Å². The van der Waals surface area contributed by atoms with Gasteiger partial charge in [0.25, 0.3) is 11.5 Å². The SMILES string of the molecule is CCCCCCCN1C(=O)C(=Cc2c(NCCCOC(C)C)nc3ccc(C)cn3c2=O)SC1=S. The minimum absolute atomic E-state index is 0.138. The minimum atomic E-state index is -0.218. The summed E-state index contributed by atoms with van der Waals surface area (Å²) < 4.78 is 7.68. The second-order valence-corrected chi connectivity index (χ2v) is 10.7. The van der Waals surface area contributed by atoms with Crippen molar-refractivity contribution in [3.63, 3.8) is 0 Å². The van der Waals surface area contributed by atoms with Crippen molar-refractivity contribution in [3.05, 3.63) is 44.7 Å². The van der Waals surface area contributed by atoms with Gasteiger partial charge < -0.3 is 10.1 Å². The van der Waals surface area contributed by atoms with E-state index in [2.05, 4.69) is 12.2 Å². The second-order valence-electron chi connectivity index (χ2n) is 9.06. The monoisotopic (exact) mass is 516 g/mol. The highest BCUT2D eigenvalue weighted by Crippen LogP contribution is 2.33. The van der Waals surface area contributed by atoms with Gasteiger partial charge in [-0.3, -0.25) is 18.9 Å². The molecule has 3 heterocycles. The van der Waals surface area contributed by atoms with Gasteiger partial charge in [0, 0.05) is 25.9 Å². The van der Waals surface area contributed by atoms with Gasteiger partial charge in [0.15, 0.2) is 0 Å². The Morgan fingerprint density at radius 2 is 1.94 bits per heavy atom. The molecule has 0 bridgehead atoms. The lowest BCUT2D eigenvalue weighted by molar-refractivity contribution is -0.122. The van der Waals surface area contributed by atoms with E-state index in [1.807, 2.05) is 32.9 Å². The Balaban J connectivity index is 1.85. The van der Waals surface area contributed by atoms with E-state index in [1.54, 1.807) is 17.2 Å². The molecule has 1 fully saturated rings. The summed E-state index contributed by atoms with van der Waals surface area (Å²) in [6, 6.07) is 3.75. The van der Waals surface area contributed by atoms with Crippen LogP contribution >= 0.6 is 24.0 Å². The van der Waals surface area contributed by atoms with E-state index in [0.29, 0.717) is 46.0 Å². The van der Waals surface area contributed by atoms with Crippen LogP contribution in [0.4, 0.5) is 5.82 Å². The maximum absolute atomic E-state index is 13.5. The summed E-state index contributed by atoms with van der Waals surface area (Å²) >= 11 is 6.74. The van der Waals surface area contributed by atoms with Crippen molar-refractivity contribution in [1.82, 2.24) is 14.3 Å². The lowest BCUT2D eigenvalue weighted by atomic mass is 10.1. The maximum atomic E-state index is 13.5. The fourth-order valence-corrected chi connectivity index (χ4v) is 5.11. The molecule has 0 saturated carbocycles. The molecule has 0 radical (unpaired) electrons. The van der Waals surface area contributed by atoms with Crippen LogP contribution in [0.3, 0.4) is 0 Å². The number of ether oxygens (including phenoxy) is 1. The molecule has 0 atom stereocenters. The van der Waals surface area contributed by atoms with E-state index >= 15 is 0 Å². The Bertz CT molecular complexity index is 1140. The lowest BCUT2D eigenvalue weighted by Gasteiger charge is -2.14. The first-order valence-electron chi connectivity index (χ1n) is 12.5. The minimum Gasteiger partial charge on any atom is -0.379 e. The van der Waals surface area contributed by atoms with Crippen LogP contribution in [-0.4, -0.2) is 50.3 Å². The van der Waals surface area contributed by atoms with Gasteiger partial charge >= 0.3 is 0 Å². The van der Waals surface area contributed by atoms with Crippen molar-refractivity contribution in [2.45, 2.75) is 72.3 Å². The van der Waals surface area contributed by atoms with Gasteiger partial charge in [-0.15, -0.1) is 0 Å². The van der Waals surface area contributed by atoms with Crippen LogP contribution in [0, 0.1) is 6.92 Å². The highest BCUT2D eigenvalue weighted by atomic mass is 32.2. The molecule has 9 heteroatoms. The number of carbonyl (C=O) groups is 1. The van der Waals surface area contributed by atoms with E-state index in [4.69, 9.17) is 21.9 Å². The molecule has 1 aliphatic heterocycles. The summed E-state index contributed by atoms with van der Waals surface area (Å²) in [5, 5.41) is 3.28. The third-order valence-electron chi connectivity index (χ3n) is 5.70. The van der Waals surface area contributed by atoms with Crippen LogP contribution in [0.1, 0.15) is 70.4 Å². The highest BCUT2D eigenvalue weighted by Gasteiger charge is 2.32. The molecule has 7 nitrogen and oxygen atoms in total. The van der Waals surface area contributed by atoms with Crippen molar-refractivity contribution in [2.24, 2.45) is 0 Å². The largest absolute Gasteiger partial charge is 0.379 e. The number of rotatable bonds is 13. The first kappa shape index (κ1) is 27.4. The van der Waals surface area contributed by atoms with Crippen LogP contribution in [0.25, 0.3) is 11.7 Å². The molecule has 0 spiro atoms. The van der Waals surface area contributed by atoms with E-state index < -0.39 is 0 Å². The number of thioether (sulfide) groups is 1. The number of carbonyl (C=O) groups excluding carboxylic acids is 1. The topological polar surface area (TPSA) is 75.9 Å². The van der Waals surface area contributed by atoms with Crippen LogP contribution in [0.5, 0.6) is 0 Å². The van der Waals surface area contributed by atoms with Crippen LogP contribution < -0.4 is 10.9 Å². The van der Waals surface area contributed by atoms with Crippen LogP contribution in [0.15, 0.2) is 28.0 Å². The molecule has 1 saturated heterocycles. The Labute approximate surface area is 217 Å². The molecule has 1 amide bonds. The molecular formula is C26H36N4O3S2. The molecule has 0 aliphatic carbocycles. The fraction of sp³-hybridized carbons (Fsp3) is 0.538. The maximum Gasteiger partial charge on any atom is 0.267 e. The molecule has 3 rings (SSSR count). The fourth-order valence-electron chi connectivity index (χ4n) is 3.82. The van der Waals surface area contributed by atoms with Crippen LogP contribution in [0.2, 0.25) is 0 Å². The first-order chi connectivity index (χ1) is 16.8. The van der Waals surface area contributed by atoms with E-state index in [1.165, 1.54) is 29.0 Å². The average Bonchev–Trinajstić information content (AvgIpc) is 3.08. The molecular weight excluding hydrogens is 480 g/mol.